The molecule has 1 aromatic carbocycles. The van der Waals surface area contributed by atoms with E-state index >= 15 is 0 Å². The number of aliphatic carboxylic acids is 1. The average Bonchev–Trinajstić information content (AvgIpc) is 3.50. The highest BCUT2D eigenvalue weighted by Gasteiger charge is 2.47. The van der Waals surface area contributed by atoms with Crippen LogP contribution in [-0.2, 0) is 25.5 Å². The fourth-order valence-electron chi connectivity index (χ4n) is 4.88. The van der Waals surface area contributed by atoms with Crippen LogP contribution in [0.1, 0.15) is 31.2 Å². The Morgan fingerprint density at radius 3 is 2.28 bits per heavy atom. The molecule has 1 aliphatic heterocycles. The number of ether oxygens (including phenoxy) is 1. The normalized spacial score (nSPS) is 27.6. The molecular formula is C21H27F3N2O5S. The highest BCUT2D eigenvalue weighted by atomic mass is 32.2. The van der Waals surface area contributed by atoms with E-state index in [1.807, 2.05) is 4.90 Å². The SMILES string of the molecule is CO[C@@H]1C[C@H](S(=O)(=O)c2ccc(N3CCN(C4CC4)CC3)cc2C(F)(F)F)C[C@H]1C(=O)O. The number of alkyl halides is 3. The van der Waals surface area contributed by atoms with Gasteiger partial charge < -0.3 is 14.7 Å². The van der Waals surface area contributed by atoms with Gasteiger partial charge in [-0.1, -0.05) is 0 Å². The minimum atomic E-state index is -4.86. The maximum Gasteiger partial charge on any atom is 0.417 e. The van der Waals surface area contributed by atoms with Gasteiger partial charge in [0.05, 0.1) is 27.7 Å². The fourth-order valence-corrected chi connectivity index (χ4v) is 6.88. The summed E-state index contributed by atoms with van der Waals surface area (Å²) in [5.41, 5.74) is -0.858. The molecule has 11 heteroatoms. The molecule has 178 valence electrons. The molecule has 7 nitrogen and oxygen atoms in total. The maximum absolute atomic E-state index is 13.9. The van der Waals surface area contributed by atoms with E-state index in [2.05, 4.69) is 4.90 Å². The molecule has 1 heterocycles. The predicted octanol–water partition coefficient (Wildman–Crippen LogP) is 2.64. The summed E-state index contributed by atoms with van der Waals surface area (Å²) in [7, 11) is -3.14. The number of methoxy groups -OCH3 is 1. The number of hydrogen-bond donors (Lipinski definition) is 1. The van der Waals surface area contributed by atoms with Crippen LogP contribution in [-0.4, -0.2) is 75.1 Å². The third-order valence-electron chi connectivity index (χ3n) is 6.84. The second-order valence-electron chi connectivity index (χ2n) is 8.79. The van der Waals surface area contributed by atoms with Crippen molar-refractivity contribution in [2.75, 3.05) is 38.2 Å². The zero-order valence-corrected chi connectivity index (χ0v) is 18.5. The van der Waals surface area contributed by atoms with Gasteiger partial charge in [0.15, 0.2) is 9.84 Å². The molecule has 3 fully saturated rings. The van der Waals surface area contributed by atoms with E-state index in [-0.39, 0.29) is 12.8 Å². The van der Waals surface area contributed by atoms with Gasteiger partial charge in [-0.15, -0.1) is 0 Å². The smallest absolute Gasteiger partial charge is 0.417 e. The second-order valence-corrected chi connectivity index (χ2v) is 11.0. The highest BCUT2D eigenvalue weighted by molar-refractivity contribution is 7.92. The molecule has 2 aliphatic carbocycles. The van der Waals surface area contributed by atoms with Crippen molar-refractivity contribution >= 4 is 21.5 Å². The molecule has 1 saturated heterocycles. The van der Waals surface area contributed by atoms with E-state index in [4.69, 9.17) is 4.74 Å². The standard InChI is InChI=1S/C21H27F3N2O5S/c1-31-18-12-15(11-16(18)20(27)28)32(29,30)19-5-4-14(10-17(19)21(22,23)24)26-8-6-25(7-9-26)13-2-3-13/h4-5,10,13,15-16,18H,2-3,6-9,11-12H2,1H3,(H,27,28)/t15-,16-,18-/m1/s1. The number of nitrogens with zero attached hydrogens (tertiary/aromatic N) is 2. The lowest BCUT2D eigenvalue weighted by Gasteiger charge is -2.36. The summed E-state index contributed by atoms with van der Waals surface area (Å²) in [6, 6.07) is 3.95. The molecule has 0 unspecified atom stereocenters. The number of rotatable bonds is 6. The van der Waals surface area contributed by atoms with E-state index in [0.717, 1.165) is 25.2 Å². The third kappa shape index (κ3) is 4.47. The van der Waals surface area contributed by atoms with Crippen molar-refractivity contribution in [3.05, 3.63) is 23.8 Å². The number of sulfone groups is 1. The first-order valence-corrected chi connectivity index (χ1v) is 12.3. The lowest BCUT2D eigenvalue weighted by atomic mass is 10.1. The molecule has 1 N–H and O–H groups in total. The van der Waals surface area contributed by atoms with Crippen LogP contribution < -0.4 is 4.90 Å². The van der Waals surface area contributed by atoms with Crippen molar-refractivity contribution in [3.8, 4) is 0 Å². The molecule has 0 radical (unpaired) electrons. The number of anilines is 1. The lowest BCUT2D eigenvalue weighted by molar-refractivity contribution is -0.145. The van der Waals surface area contributed by atoms with Crippen LogP contribution >= 0.6 is 0 Å². The Morgan fingerprint density at radius 2 is 1.78 bits per heavy atom. The summed E-state index contributed by atoms with van der Waals surface area (Å²) >= 11 is 0. The minimum Gasteiger partial charge on any atom is -0.481 e. The number of hydrogen-bond acceptors (Lipinski definition) is 6. The largest absolute Gasteiger partial charge is 0.481 e. The van der Waals surface area contributed by atoms with E-state index in [1.54, 1.807) is 0 Å². The first-order chi connectivity index (χ1) is 15.0. The van der Waals surface area contributed by atoms with Gasteiger partial charge in [0.1, 0.15) is 0 Å². The molecule has 2 saturated carbocycles. The van der Waals surface area contributed by atoms with Crippen molar-refractivity contribution in [1.29, 1.82) is 0 Å². The summed E-state index contributed by atoms with van der Waals surface area (Å²) in [6.07, 6.45) is -3.82. The number of carboxylic acid groups (broad SMARTS) is 1. The molecule has 1 aromatic rings. The Morgan fingerprint density at radius 1 is 1.12 bits per heavy atom. The minimum absolute atomic E-state index is 0.155. The van der Waals surface area contributed by atoms with E-state index in [1.165, 1.54) is 26.0 Å². The molecule has 4 rings (SSSR count). The number of carboxylic acids is 1. The quantitative estimate of drug-likeness (QED) is 0.676. The van der Waals surface area contributed by atoms with E-state index in [9.17, 15) is 31.5 Å². The fraction of sp³-hybridized carbons (Fsp3) is 0.667. The Kier molecular flexibility index (Phi) is 6.19. The topological polar surface area (TPSA) is 87.2 Å². The zero-order chi connectivity index (χ0) is 23.3. The van der Waals surface area contributed by atoms with Gasteiger partial charge in [-0.3, -0.25) is 9.69 Å². The first-order valence-electron chi connectivity index (χ1n) is 10.7. The van der Waals surface area contributed by atoms with Crippen molar-refractivity contribution in [1.82, 2.24) is 4.90 Å². The van der Waals surface area contributed by atoms with E-state index < -0.39 is 49.7 Å². The summed E-state index contributed by atoms with van der Waals surface area (Å²) in [5, 5.41) is 8.08. The number of halogens is 3. The van der Waals surface area contributed by atoms with Crippen molar-refractivity contribution in [2.45, 2.75) is 54.2 Å². The predicted molar refractivity (Wildman–Crippen MR) is 110 cm³/mol. The molecule has 0 amide bonds. The number of benzene rings is 1. The van der Waals surface area contributed by atoms with Gasteiger partial charge >= 0.3 is 12.1 Å². The van der Waals surface area contributed by atoms with Crippen molar-refractivity contribution < 1.29 is 36.2 Å². The Labute approximate surface area is 185 Å². The van der Waals surface area contributed by atoms with Crippen LogP contribution in [0.3, 0.4) is 0 Å². The molecule has 3 atom stereocenters. The van der Waals surface area contributed by atoms with Gasteiger partial charge in [0.2, 0.25) is 0 Å². The van der Waals surface area contributed by atoms with Gasteiger partial charge in [-0.2, -0.15) is 13.2 Å². The maximum atomic E-state index is 13.9. The van der Waals surface area contributed by atoms with Crippen LogP contribution in [0.25, 0.3) is 0 Å². The summed E-state index contributed by atoms with van der Waals surface area (Å²) < 4.78 is 73.2. The lowest BCUT2D eigenvalue weighted by Crippen LogP contribution is -2.47. The number of carbonyl (C=O) groups is 1. The van der Waals surface area contributed by atoms with Crippen LogP contribution in [0.5, 0.6) is 0 Å². The molecule has 3 aliphatic rings. The third-order valence-corrected chi connectivity index (χ3v) is 9.07. The second kappa shape index (κ2) is 8.49. The summed E-state index contributed by atoms with van der Waals surface area (Å²) in [6.45, 7) is 2.70. The molecule has 0 spiro atoms. The Bertz CT molecular complexity index is 972. The molecule has 0 bridgehead atoms. The average molecular weight is 477 g/mol. The van der Waals surface area contributed by atoms with Crippen LogP contribution in [0.15, 0.2) is 23.1 Å². The Hall–Kier alpha value is -1.85. The van der Waals surface area contributed by atoms with Crippen molar-refractivity contribution in [3.63, 3.8) is 0 Å². The van der Waals surface area contributed by atoms with Gasteiger partial charge in [0.25, 0.3) is 0 Å². The van der Waals surface area contributed by atoms with Gasteiger partial charge in [-0.05, 0) is 43.9 Å². The molecule has 0 aromatic heterocycles. The van der Waals surface area contributed by atoms with E-state index in [0.29, 0.717) is 24.8 Å². The molecule has 32 heavy (non-hydrogen) atoms. The Balaban J connectivity index is 1.61. The zero-order valence-electron chi connectivity index (χ0n) is 17.7. The van der Waals surface area contributed by atoms with Crippen LogP contribution in [0.2, 0.25) is 0 Å². The van der Waals surface area contributed by atoms with Crippen molar-refractivity contribution in [2.24, 2.45) is 5.92 Å². The van der Waals surface area contributed by atoms with Crippen LogP contribution in [0.4, 0.5) is 18.9 Å². The molecular weight excluding hydrogens is 449 g/mol. The first kappa shape index (κ1) is 23.3. The number of piperazine rings is 1. The van der Waals surface area contributed by atoms with Gasteiger partial charge in [0, 0.05) is 45.0 Å². The highest BCUT2D eigenvalue weighted by Crippen LogP contribution is 2.42. The monoisotopic (exact) mass is 476 g/mol. The van der Waals surface area contributed by atoms with Gasteiger partial charge in [-0.25, -0.2) is 8.42 Å². The summed E-state index contributed by atoms with van der Waals surface area (Å²) in [5.74, 6) is -2.29. The van der Waals surface area contributed by atoms with Crippen LogP contribution in [0, 0.1) is 5.92 Å². The summed E-state index contributed by atoms with van der Waals surface area (Å²) in [4.78, 5) is 14.8.